The average Bonchev–Trinajstić information content (AvgIpc) is 1.84. The lowest BCUT2D eigenvalue weighted by Crippen LogP contribution is -2.25. The first-order chi connectivity index (χ1) is 4.09. The van der Waals surface area contributed by atoms with Gasteiger partial charge in [-0.25, -0.2) is 0 Å². The van der Waals surface area contributed by atoms with Crippen LogP contribution in [-0.2, 0) is 4.79 Å². The van der Waals surface area contributed by atoms with Gasteiger partial charge in [0.25, 0.3) is 0 Å². The lowest BCUT2D eigenvalue weighted by atomic mass is 9.97. The summed E-state index contributed by atoms with van der Waals surface area (Å²) >= 11 is 0. The van der Waals surface area contributed by atoms with Gasteiger partial charge in [0, 0.05) is 0 Å². The summed E-state index contributed by atoms with van der Waals surface area (Å²) in [5.41, 5.74) is 4.92. The van der Waals surface area contributed by atoms with Crippen molar-refractivity contribution in [2.75, 3.05) is 0 Å². The van der Waals surface area contributed by atoms with Crippen molar-refractivity contribution in [1.29, 1.82) is 5.26 Å². The molecule has 2 atom stereocenters. The third-order valence-corrected chi connectivity index (χ3v) is 1.40. The van der Waals surface area contributed by atoms with Crippen molar-refractivity contribution in [2.45, 2.75) is 13.8 Å². The molecule has 3 heteroatoms. The highest BCUT2D eigenvalue weighted by Gasteiger charge is 2.15. The number of nitrogens with zero attached hydrogens (tertiary/aromatic N) is 1. The second-order valence-electron chi connectivity index (χ2n) is 2.11. The summed E-state index contributed by atoms with van der Waals surface area (Å²) in [6.45, 7) is 3.33. The van der Waals surface area contributed by atoms with Gasteiger partial charge in [-0.3, -0.25) is 4.79 Å². The van der Waals surface area contributed by atoms with Crippen LogP contribution in [0.4, 0.5) is 0 Å². The van der Waals surface area contributed by atoms with Gasteiger partial charge in [0.05, 0.1) is 17.9 Å². The molecular formula is C6H10N2O. The maximum absolute atomic E-state index is 10.4. The Morgan fingerprint density at radius 3 is 2.22 bits per heavy atom. The molecule has 0 aliphatic heterocycles. The van der Waals surface area contributed by atoms with Crippen LogP contribution >= 0.6 is 0 Å². The van der Waals surface area contributed by atoms with E-state index in [-0.39, 0.29) is 11.8 Å². The van der Waals surface area contributed by atoms with E-state index in [0.29, 0.717) is 0 Å². The molecule has 0 aromatic heterocycles. The molecule has 1 amide bonds. The fourth-order valence-corrected chi connectivity index (χ4v) is 0.358. The molecule has 0 aliphatic rings. The average molecular weight is 126 g/mol. The maximum Gasteiger partial charge on any atom is 0.221 e. The zero-order chi connectivity index (χ0) is 7.44. The van der Waals surface area contributed by atoms with Gasteiger partial charge in [-0.15, -0.1) is 0 Å². The van der Waals surface area contributed by atoms with Gasteiger partial charge >= 0.3 is 0 Å². The van der Waals surface area contributed by atoms with Crippen LogP contribution in [0.5, 0.6) is 0 Å². The van der Waals surface area contributed by atoms with Crippen LogP contribution in [0.1, 0.15) is 13.8 Å². The first-order valence-corrected chi connectivity index (χ1v) is 2.78. The van der Waals surface area contributed by atoms with E-state index in [9.17, 15) is 4.79 Å². The minimum absolute atomic E-state index is 0.275. The van der Waals surface area contributed by atoms with E-state index in [1.807, 2.05) is 6.07 Å². The fraction of sp³-hybridized carbons (Fsp3) is 0.667. The van der Waals surface area contributed by atoms with Crippen molar-refractivity contribution in [3.63, 3.8) is 0 Å². The van der Waals surface area contributed by atoms with Crippen LogP contribution < -0.4 is 5.73 Å². The molecular weight excluding hydrogens is 116 g/mol. The minimum atomic E-state index is -0.413. The summed E-state index contributed by atoms with van der Waals surface area (Å²) in [6.07, 6.45) is 0. The van der Waals surface area contributed by atoms with Gasteiger partial charge < -0.3 is 5.73 Å². The van der Waals surface area contributed by atoms with E-state index >= 15 is 0 Å². The Balaban J connectivity index is 3.91. The van der Waals surface area contributed by atoms with Crippen LogP contribution in [0.3, 0.4) is 0 Å². The molecule has 3 nitrogen and oxygen atoms in total. The maximum atomic E-state index is 10.4. The number of hydrogen-bond donors (Lipinski definition) is 1. The van der Waals surface area contributed by atoms with Crippen LogP contribution in [0, 0.1) is 23.2 Å². The number of hydrogen-bond acceptors (Lipinski definition) is 2. The van der Waals surface area contributed by atoms with Gasteiger partial charge in [0.2, 0.25) is 5.91 Å². The Morgan fingerprint density at radius 2 is 2.11 bits per heavy atom. The van der Waals surface area contributed by atoms with Gasteiger partial charge in [0.1, 0.15) is 0 Å². The van der Waals surface area contributed by atoms with Crippen LogP contribution in [0.15, 0.2) is 0 Å². The first kappa shape index (κ1) is 7.96. The second-order valence-corrected chi connectivity index (χ2v) is 2.11. The highest BCUT2D eigenvalue weighted by molar-refractivity contribution is 5.76. The summed E-state index contributed by atoms with van der Waals surface area (Å²) in [4.78, 5) is 10.4. The number of carbonyl (C=O) groups excluding carboxylic acids is 1. The summed E-state index contributed by atoms with van der Waals surface area (Å²) in [7, 11) is 0. The Labute approximate surface area is 54.5 Å². The topological polar surface area (TPSA) is 66.9 Å². The zero-order valence-corrected chi connectivity index (χ0v) is 5.59. The summed E-state index contributed by atoms with van der Waals surface area (Å²) in [5.74, 6) is -1.03. The number of amides is 1. The fourth-order valence-electron chi connectivity index (χ4n) is 0.358. The quantitative estimate of drug-likeness (QED) is 0.577. The van der Waals surface area contributed by atoms with Gasteiger partial charge in [-0.2, -0.15) is 5.26 Å². The van der Waals surface area contributed by atoms with Crippen LogP contribution in [0.2, 0.25) is 0 Å². The standard InChI is InChI=1S/C6H10N2O/c1-4(3-7)5(2)6(8)9/h4-5H,1-2H3,(H2,8,9). The lowest BCUT2D eigenvalue weighted by Gasteiger charge is -2.06. The molecule has 0 saturated heterocycles. The van der Waals surface area contributed by atoms with E-state index in [1.165, 1.54) is 0 Å². The Morgan fingerprint density at radius 1 is 1.67 bits per heavy atom. The minimum Gasteiger partial charge on any atom is -0.369 e. The zero-order valence-electron chi connectivity index (χ0n) is 5.59. The molecule has 0 aromatic rings. The molecule has 0 bridgehead atoms. The molecule has 0 aromatic carbocycles. The van der Waals surface area contributed by atoms with Crippen molar-refractivity contribution >= 4 is 5.91 Å². The molecule has 0 saturated carbocycles. The van der Waals surface area contributed by atoms with E-state index in [4.69, 9.17) is 11.0 Å². The van der Waals surface area contributed by atoms with E-state index < -0.39 is 5.91 Å². The third-order valence-electron chi connectivity index (χ3n) is 1.40. The number of nitriles is 1. The predicted molar refractivity (Wildman–Crippen MR) is 33.1 cm³/mol. The second kappa shape index (κ2) is 3.08. The Kier molecular flexibility index (Phi) is 2.72. The van der Waals surface area contributed by atoms with Crippen LogP contribution in [0.25, 0.3) is 0 Å². The van der Waals surface area contributed by atoms with Crippen molar-refractivity contribution in [3.05, 3.63) is 0 Å². The smallest absolute Gasteiger partial charge is 0.221 e. The Bertz CT molecular complexity index is 148. The molecule has 50 valence electrons. The first-order valence-electron chi connectivity index (χ1n) is 2.78. The molecule has 9 heavy (non-hydrogen) atoms. The number of carbonyl (C=O) groups is 1. The third kappa shape index (κ3) is 2.13. The summed E-state index contributed by atoms with van der Waals surface area (Å²) in [5, 5.41) is 8.30. The Hall–Kier alpha value is -1.04. The van der Waals surface area contributed by atoms with Crippen molar-refractivity contribution < 1.29 is 4.79 Å². The summed E-state index contributed by atoms with van der Waals surface area (Å²) in [6, 6.07) is 1.95. The molecule has 0 aliphatic carbocycles. The van der Waals surface area contributed by atoms with E-state index in [2.05, 4.69) is 0 Å². The van der Waals surface area contributed by atoms with Gasteiger partial charge in [0.15, 0.2) is 0 Å². The van der Waals surface area contributed by atoms with Crippen molar-refractivity contribution in [1.82, 2.24) is 0 Å². The lowest BCUT2D eigenvalue weighted by molar-refractivity contribution is -0.122. The molecule has 0 spiro atoms. The number of nitrogens with two attached hydrogens (primary N) is 1. The highest BCUT2D eigenvalue weighted by atomic mass is 16.1. The molecule has 0 rings (SSSR count). The van der Waals surface area contributed by atoms with E-state index in [0.717, 1.165) is 0 Å². The van der Waals surface area contributed by atoms with E-state index in [1.54, 1.807) is 13.8 Å². The predicted octanol–water partition coefficient (Wildman–Crippen LogP) is 0.267. The highest BCUT2D eigenvalue weighted by Crippen LogP contribution is 2.07. The molecule has 2 N–H and O–H groups in total. The molecule has 0 heterocycles. The largest absolute Gasteiger partial charge is 0.369 e. The van der Waals surface area contributed by atoms with Gasteiger partial charge in [-0.05, 0) is 6.92 Å². The van der Waals surface area contributed by atoms with Gasteiger partial charge in [-0.1, -0.05) is 6.92 Å². The van der Waals surface area contributed by atoms with Crippen LogP contribution in [-0.4, -0.2) is 5.91 Å². The molecule has 0 radical (unpaired) electrons. The number of primary amides is 1. The monoisotopic (exact) mass is 126 g/mol. The van der Waals surface area contributed by atoms with Crippen molar-refractivity contribution in [2.24, 2.45) is 17.6 Å². The number of rotatable bonds is 2. The molecule has 0 fully saturated rings. The summed E-state index contributed by atoms with van der Waals surface area (Å²) < 4.78 is 0. The SMILES string of the molecule is CC(C#N)C(C)C(N)=O. The molecule has 2 unspecified atom stereocenters. The van der Waals surface area contributed by atoms with Crippen molar-refractivity contribution in [3.8, 4) is 6.07 Å². The normalized spacial score (nSPS) is 15.7.